The fraction of sp³-hybridized carbons (Fsp3) is 0.292. The maximum Gasteiger partial charge on any atom is 0.227 e. The first-order valence-corrected chi connectivity index (χ1v) is 10.2. The van der Waals surface area contributed by atoms with Gasteiger partial charge in [-0.05, 0) is 42.2 Å². The molecule has 0 N–H and O–H groups in total. The Morgan fingerprint density at radius 3 is 2.53 bits per heavy atom. The molecular weight excluding hydrogens is 379 g/mol. The number of anilines is 1. The molecule has 6 heteroatoms. The fourth-order valence-electron chi connectivity index (χ4n) is 3.95. The third-order valence-electron chi connectivity index (χ3n) is 5.45. The molecule has 0 aliphatic carbocycles. The lowest BCUT2D eigenvalue weighted by molar-refractivity contribution is -0.130. The molecule has 5 nitrogen and oxygen atoms in total. The van der Waals surface area contributed by atoms with Crippen LogP contribution in [0.4, 0.5) is 10.1 Å². The molecule has 2 heterocycles. The van der Waals surface area contributed by atoms with Gasteiger partial charge in [-0.2, -0.15) is 0 Å². The highest BCUT2D eigenvalue weighted by Gasteiger charge is 2.26. The summed E-state index contributed by atoms with van der Waals surface area (Å²) in [5.74, 6) is 0.0192. The molecule has 1 aromatic heterocycles. The van der Waals surface area contributed by atoms with Crippen molar-refractivity contribution >= 4 is 11.6 Å². The van der Waals surface area contributed by atoms with E-state index in [1.807, 2.05) is 23.1 Å². The first-order chi connectivity index (χ1) is 14.7. The van der Waals surface area contributed by atoms with Crippen molar-refractivity contribution in [2.45, 2.75) is 12.8 Å². The summed E-state index contributed by atoms with van der Waals surface area (Å²) in [5.41, 5.74) is 2.92. The van der Waals surface area contributed by atoms with E-state index in [0.29, 0.717) is 13.1 Å². The second-order valence-corrected chi connectivity index (χ2v) is 7.69. The second-order valence-electron chi connectivity index (χ2n) is 7.69. The van der Waals surface area contributed by atoms with Gasteiger partial charge in [0.25, 0.3) is 0 Å². The predicted molar refractivity (Wildman–Crippen MR) is 115 cm³/mol. The Kier molecular flexibility index (Phi) is 6.32. The van der Waals surface area contributed by atoms with Crippen LogP contribution in [0.15, 0.2) is 73.2 Å². The molecule has 0 radical (unpaired) electrons. The van der Waals surface area contributed by atoms with Crippen LogP contribution in [0.2, 0.25) is 0 Å². The van der Waals surface area contributed by atoms with Gasteiger partial charge in [0, 0.05) is 50.5 Å². The molecule has 4 rings (SSSR count). The Balaban J connectivity index is 1.51. The van der Waals surface area contributed by atoms with Crippen molar-refractivity contribution in [1.82, 2.24) is 14.9 Å². The molecule has 1 aliphatic rings. The number of amides is 1. The van der Waals surface area contributed by atoms with Crippen LogP contribution in [-0.4, -0.2) is 47.0 Å². The molecule has 0 bridgehead atoms. The van der Waals surface area contributed by atoms with Gasteiger partial charge in [-0.15, -0.1) is 0 Å². The normalized spacial score (nSPS) is 16.9. The van der Waals surface area contributed by atoms with E-state index >= 15 is 0 Å². The Morgan fingerprint density at radius 1 is 1.00 bits per heavy atom. The summed E-state index contributed by atoms with van der Waals surface area (Å²) in [6.45, 7) is 2.95. The Bertz CT molecular complexity index is 950. The number of carbonyl (C=O) groups excluding carboxylic acids is 1. The topological polar surface area (TPSA) is 49.3 Å². The van der Waals surface area contributed by atoms with Gasteiger partial charge in [0.1, 0.15) is 5.82 Å². The summed E-state index contributed by atoms with van der Waals surface area (Å²) in [6.07, 6.45) is 6.22. The van der Waals surface area contributed by atoms with Gasteiger partial charge in [0.05, 0.1) is 12.1 Å². The molecule has 154 valence electrons. The first kappa shape index (κ1) is 20.0. The number of hydrogen-bond acceptors (Lipinski definition) is 4. The molecular formula is C24H25FN4O. The van der Waals surface area contributed by atoms with Gasteiger partial charge in [0.15, 0.2) is 0 Å². The van der Waals surface area contributed by atoms with Crippen LogP contribution in [0.1, 0.15) is 11.3 Å². The van der Waals surface area contributed by atoms with Crippen LogP contribution in [0.5, 0.6) is 0 Å². The minimum absolute atomic E-state index is 0.0701. The first-order valence-electron chi connectivity index (χ1n) is 10.2. The number of nitrogens with zero attached hydrogens (tertiary/aromatic N) is 4. The number of rotatable bonds is 5. The van der Waals surface area contributed by atoms with E-state index in [9.17, 15) is 9.18 Å². The van der Waals surface area contributed by atoms with Crippen molar-refractivity contribution in [3.63, 3.8) is 0 Å². The summed E-state index contributed by atoms with van der Waals surface area (Å²) in [6, 6.07) is 16.5. The van der Waals surface area contributed by atoms with Crippen LogP contribution in [0.3, 0.4) is 0 Å². The lowest BCUT2D eigenvalue weighted by atomic mass is 10.0. The van der Waals surface area contributed by atoms with Crippen LogP contribution in [-0.2, 0) is 17.6 Å². The van der Waals surface area contributed by atoms with Gasteiger partial charge >= 0.3 is 0 Å². The SMILES string of the molecule is O=C(Cc1ccc(F)cc1)N1CCN(c2ccccc2)CC(Cc2cnccn2)C1. The number of halogens is 1. The molecule has 1 amide bonds. The lowest BCUT2D eigenvalue weighted by Crippen LogP contribution is -2.37. The van der Waals surface area contributed by atoms with Gasteiger partial charge in [-0.25, -0.2) is 4.39 Å². The van der Waals surface area contributed by atoms with Gasteiger partial charge < -0.3 is 9.80 Å². The van der Waals surface area contributed by atoms with Crippen molar-refractivity contribution in [3.8, 4) is 0 Å². The summed E-state index contributed by atoms with van der Waals surface area (Å²) in [4.78, 5) is 25.9. The zero-order chi connectivity index (χ0) is 20.8. The molecule has 3 aromatic rings. The standard InChI is InChI=1S/C24H25FN4O/c25-21-8-6-19(7-9-21)15-24(30)29-13-12-28(23-4-2-1-3-5-23)17-20(18-29)14-22-16-26-10-11-27-22/h1-11,16,20H,12-15,17-18H2. The summed E-state index contributed by atoms with van der Waals surface area (Å²) >= 11 is 0. The molecule has 1 saturated heterocycles. The van der Waals surface area contributed by atoms with Crippen molar-refractivity contribution < 1.29 is 9.18 Å². The zero-order valence-corrected chi connectivity index (χ0v) is 16.8. The average Bonchev–Trinajstić information content (AvgIpc) is 2.99. The molecule has 1 atom stereocenters. The van der Waals surface area contributed by atoms with Gasteiger partial charge in [-0.1, -0.05) is 30.3 Å². The van der Waals surface area contributed by atoms with Crippen LogP contribution >= 0.6 is 0 Å². The van der Waals surface area contributed by atoms with Crippen molar-refractivity contribution in [3.05, 3.63) is 90.3 Å². The summed E-state index contributed by atoms with van der Waals surface area (Å²) < 4.78 is 13.2. The fourth-order valence-corrected chi connectivity index (χ4v) is 3.95. The molecule has 1 unspecified atom stereocenters. The van der Waals surface area contributed by atoms with Crippen molar-refractivity contribution in [1.29, 1.82) is 0 Å². The highest BCUT2D eigenvalue weighted by Crippen LogP contribution is 2.21. The highest BCUT2D eigenvalue weighted by molar-refractivity contribution is 5.79. The smallest absolute Gasteiger partial charge is 0.227 e. The molecule has 30 heavy (non-hydrogen) atoms. The minimum atomic E-state index is -0.288. The van der Waals surface area contributed by atoms with E-state index in [2.05, 4.69) is 27.0 Å². The Labute approximate surface area is 176 Å². The van der Waals surface area contributed by atoms with Crippen molar-refractivity contribution in [2.24, 2.45) is 5.92 Å². The Hall–Kier alpha value is -3.28. The van der Waals surface area contributed by atoms with Crippen LogP contribution in [0, 0.1) is 11.7 Å². The van der Waals surface area contributed by atoms with E-state index in [-0.39, 0.29) is 24.1 Å². The number of para-hydroxylation sites is 1. The molecule has 1 aliphatic heterocycles. The maximum absolute atomic E-state index is 13.2. The van der Waals surface area contributed by atoms with Crippen LogP contribution < -0.4 is 4.90 Å². The number of carbonyl (C=O) groups is 1. The van der Waals surface area contributed by atoms with E-state index in [1.54, 1.807) is 30.7 Å². The largest absolute Gasteiger partial charge is 0.369 e. The lowest BCUT2D eigenvalue weighted by Gasteiger charge is -2.25. The Morgan fingerprint density at radius 2 is 1.80 bits per heavy atom. The number of aromatic nitrogens is 2. The minimum Gasteiger partial charge on any atom is -0.369 e. The predicted octanol–water partition coefficient (Wildman–Crippen LogP) is 3.37. The quantitative estimate of drug-likeness (QED) is 0.654. The second kappa shape index (κ2) is 9.48. The van der Waals surface area contributed by atoms with Gasteiger partial charge in [0.2, 0.25) is 5.91 Å². The zero-order valence-electron chi connectivity index (χ0n) is 16.8. The van der Waals surface area contributed by atoms with E-state index in [4.69, 9.17) is 0 Å². The third-order valence-corrected chi connectivity index (χ3v) is 5.45. The maximum atomic E-state index is 13.2. The van der Waals surface area contributed by atoms with E-state index in [1.165, 1.54) is 12.1 Å². The summed E-state index contributed by atoms with van der Waals surface area (Å²) in [5, 5.41) is 0. The molecule has 1 fully saturated rings. The van der Waals surface area contributed by atoms with E-state index < -0.39 is 0 Å². The molecule has 0 saturated carbocycles. The molecule has 0 spiro atoms. The average molecular weight is 404 g/mol. The number of hydrogen-bond donors (Lipinski definition) is 0. The van der Waals surface area contributed by atoms with Crippen LogP contribution in [0.25, 0.3) is 0 Å². The molecule has 2 aromatic carbocycles. The monoisotopic (exact) mass is 404 g/mol. The van der Waals surface area contributed by atoms with E-state index in [0.717, 1.165) is 36.5 Å². The van der Waals surface area contributed by atoms with Gasteiger partial charge in [-0.3, -0.25) is 14.8 Å². The summed E-state index contributed by atoms with van der Waals surface area (Å²) in [7, 11) is 0. The third kappa shape index (κ3) is 5.20. The van der Waals surface area contributed by atoms with Crippen molar-refractivity contribution in [2.75, 3.05) is 31.1 Å². The highest BCUT2D eigenvalue weighted by atomic mass is 19.1. The number of benzene rings is 2.